The second-order valence-electron chi connectivity index (χ2n) is 13.4. The molecule has 2 aliphatic heterocycles. The van der Waals surface area contributed by atoms with E-state index in [1.54, 1.807) is 98.0 Å². The number of esters is 2. The van der Waals surface area contributed by atoms with Gasteiger partial charge < -0.3 is 95.8 Å². The summed E-state index contributed by atoms with van der Waals surface area (Å²) in [7, 11) is 1.49. The summed E-state index contributed by atoms with van der Waals surface area (Å²) in [4.78, 5) is 37.7. The van der Waals surface area contributed by atoms with Gasteiger partial charge in [0.25, 0.3) is 5.56 Å². The summed E-state index contributed by atoms with van der Waals surface area (Å²) >= 11 is 3.67. The van der Waals surface area contributed by atoms with E-state index in [1.807, 2.05) is 0 Å². The van der Waals surface area contributed by atoms with Gasteiger partial charge in [-0.05, 0) is 66.4 Å². The van der Waals surface area contributed by atoms with E-state index in [1.165, 1.54) is 19.4 Å². The number of carbonyl (C=O) groups is 2. The van der Waals surface area contributed by atoms with Crippen LogP contribution in [-0.4, -0.2) is 175 Å². The number of aliphatic hydroxyl groups excluding tert-OH is 12. The molecule has 3 heterocycles. The summed E-state index contributed by atoms with van der Waals surface area (Å²) < 4.78 is 13.6. The molecule has 6 rings (SSSR count). The number of methoxy groups -OCH3 is 1. The highest BCUT2D eigenvalue weighted by molar-refractivity contribution is 7.80. The average Bonchev–Trinajstić information content (AvgIpc) is 3.78. The largest absolute Gasteiger partial charge is 0.508 e. The van der Waals surface area contributed by atoms with Crippen LogP contribution in [-0.2, 0) is 25.5 Å². The predicted octanol–water partition coefficient (Wildman–Crippen LogP) is 0.903. The van der Waals surface area contributed by atoms with Crippen molar-refractivity contribution in [2.24, 2.45) is 0 Å². The highest BCUT2D eigenvalue weighted by atomic mass is 32.1. The van der Waals surface area contributed by atoms with E-state index < -0.39 is 72.6 Å². The second-order valence-corrected chi connectivity index (χ2v) is 13.9. The lowest BCUT2D eigenvalue weighted by Crippen LogP contribution is -2.31. The van der Waals surface area contributed by atoms with Crippen LogP contribution in [0.2, 0.25) is 0 Å². The zero-order valence-corrected chi connectivity index (χ0v) is 38.7. The number of nitrogens with zero attached hydrogens (tertiary/aromatic N) is 1. The number of aryl methyl sites for hydroxylation is 1. The first kappa shape index (κ1) is 62.9. The fraction of sp³-hybridized carbons (Fsp3) is 0.304. The Morgan fingerprint density at radius 2 is 1.11 bits per heavy atom. The molecular weight excluding hydrogens is 949 g/mol. The van der Waals surface area contributed by atoms with Gasteiger partial charge in [-0.25, -0.2) is 14.6 Å². The Balaban J connectivity index is 0.000000807. The first-order valence-corrected chi connectivity index (χ1v) is 21.0. The molecular formula is C46H60N2O21S. The minimum Gasteiger partial charge on any atom is -0.508 e. The molecule has 3 aromatic carbocycles. The molecule has 70 heavy (non-hydrogen) atoms. The SMILES string of the molecule is COc1cc(/C=C/CO)ccc1O.Cc1nccc(=O)[nH]1.O=C1OC(C(O)CO)C(O)=C1O.O=C1O[C@H](C(O)CO)C(O)=C1O.OC/C=C/c1ccc(O)cc1.OCCS.OCCc1ccc(O)cc1. The minimum atomic E-state index is -1.42. The number of phenols is 3. The number of carbonyl (C=O) groups excluding carboxylic acids is 2. The molecule has 386 valence electrons. The van der Waals surface area contributed by atoms with E-state index in [9.17, 15) is 19.5 Å². The molecule has 23 nitrogen and oxygen atoms in total. The molecule has 3 unspecified atom stereocenters. The number of ether oxygens (including phenoxy) is 3. The van der Waals surface area contributed by atoms with Crippen molar-refractivity contribution in [3.63, 3.8) is 0 Å². The summed E-state index contributed by atoms with van der Waals surface area (Å²) in [6, 6.07) is 20.0. The summed E-state index contributed by atoms with van der Waals surface area (Å²) in [5, 5.41) is 130. The first-order chi connectivity index (χ1) is 33.3. The van der Waals surface area contributed by atoms with Crippen LogP contribution >= 0.6 is 12.6 Å². The Labute approximate surface area is 406 Å². The molecule has 24 heteroatoms. The monoisotopic (exact) mass is 1010 g/mol. The molecule has 4 aromatic rings. The zero-order valence-electron chi connectivity index (χ0n) is 37.8. The van der Waals surface area contributed by atoms with Crippen LogP contribution in [0.1, 0.15) is 22.5 Å². The van der Waals surface area contributed by atoms with Crippen LogP contribution in [0.5, 0.6) is 23.0 Å². The van der Waals surface area contributed by atoms with Crippen LogP contribution in [0.3, 0.4) is 0 Å². The Morgan fingerprint density at radius 1 is 0.671 bits per heavy atom. The van der Waals surface area contributed by atoms with Crippen molar-refractivity contribution in [1.82, 2.24) is 9.97 Å². The molecule has 0 radical (unpaired) electrons. The zero-order chi connectivity index (χ0) is 53.2. The topological polar surface area (TPSA) is 411 Å². The number of benzene rings is 3. The Morgan fingerprint density at radius 3 is 1.46 bits per heavy atom. The number of thiol groups is 1. The summed E-state index contributed by atoms with van der Waals surface area (Å²) in [6.45, 7) is 0.782. The molecule has 16 N–H and O–H groups in total. The molecule has 0 aliphatic carbocycles. The summed E-state index contributed by atoms with van der Waals surface area (Å²) in [5.41, 5.74) is 2.79. The molecule has 0 fully saturated rings. The number of aromatic amines is 1. The molecule has 0 amide bonds. The molecule has 0 spiro atoms. The van der Waals surface area contributed by atoms with E-state index in [4.69, 9.17) is 76.2 Å². The quantitative estimate of drug-likeness (QED) is 0.0692. The number of hydrogen-bond acceptors (Lipinski definition) is 23. The number of rotatable bonds is 12. The van der Waals surface area contributed by atoms with Gasteiger partial charge in [-0.15, -0.1) is 0 Å². The summed E-state index contributed by atoms with van der Waals surface area (Å²) in [6.07, 6.45) is 3.39. The Hall–Kier alpha value is -7.13. The highest BCUT2D eigenvalue weighted by Crippen LogP contribution is 2.27. The van der Waals surface area contributed by atoms with Gasteiger partial charge in [-0.3, -0.25) is 4.79 Å². The molecule has 0 saturated heterocycles. The van der Waals surface area contributed by atoms with Gasteiger partial charge >= 0.3 is 11.9 Å². The van der Waals surface area contributed by atoms with Crippen LogP contribution in [0.15, 0.2) is 119 Å². The maximum Gasteiger partial charge on any atom is 0.377 e. The van der Waals surface area contributed by atoms with Crippen molar-refractivity contribution < 1.29 is 100 Å². The molecule has 0 bridgehead atoms. The van der Waals surface area contributed by atoms with E-state index in [2.05, 4.69) is 32.1 Å². The Kier molecular flexibility index (Phi) is 32.3. The lowest BCUT2D eigenvalue weighted by Gasteiger charge is -2.13. The van der Waals surface area contributed by atoms with Gasteiger partial charge in [-0.2, -0.15) is 12.6 Å². The standard InChI is InChI=1S/C10H12O3.C9H10O2.C8H10O2.2C6H8O6.C5H6N2O.C2H6OS/c1-13-10-7-8(3-2-6-11)4-5-9(10)12;10-7-1-2-8-3-5-9(11)6-4-8;9-6-5-7-1-3-8(10)4-2-7;2*7-1-2(8)5-3(9)4(10)6(11)12-5;1-4-6-3-2-5(8)7-4;3-1-2-4/h2-5,7,11-12H,6H2,1H3;1-6,10-11H,7H2;1-4,9-10H,5-6H2;2*2,5,7-10H,1H2;2-3H,1H3,(H,6,7,8);3-4H,1-2H2/b3-2+;2-1+;;;;;/t;;;2?,5-;;;/m...1.../s1. The number of nitrogens with one attached hydrogen (secondary N) is 1. The first-order valence-electron chi connectivity index (χ1n) is 20.4. The van der Waals surface area contributed by atoms with Crippen molar-refractivity contribution in [2.75, 3.05) is 52.5 Å². The van der Waals surface area contributed by atoms with Gasteiger partial charge in [0.05, 0.1) is 40.1 Å². The highest BCUT2D eigenvalue weighted by Gasteiger charge is 2.39. The van der Waals surface area contributed by atoms with Gasteiger partial charge in [0, 0.05) is 24.6 Å². The van der Waals surface area contributed by atoms with Crippen molar-refractivity contribution in [2.45, 2.75) is 37.8 Å². The van der Waals surface area contributed by atoms with Gasteiger partial charge in [0.2, 0.25) is 11.5 Å². The van der Waals surface area contributed by atoms with Crippen molar-refractivity contribution in [3.05, 3.63) is 147 Å². The van der Waals surface area contributed by atoms with Crippen LogP contribution in [0, 0.1) is 6.92 Å². The van der Waals surface area contributed by atoms with Crippen LogP contribution in [0.4, 0.5) is 0 Å². The molecule has 2 aliphatic rings. The lowest BCUT2D eigenvalue weighted by atomic mass is 10.2. The number of aliphatic hydroxyl groups is 12. The van der Waals surface area contributed by atoms with Crippen LogP contribution < -0.4 is 10.3 Å². The fourth-order valence-electron chi connectivity index (χ4n) is 4.67. The minimum absolute atomic E-state index is 0.00317. The smallest absolute Gasteiger partial charge is 0.377 e. The number of aromatic nitrogens is 2. The van der Waals surface area contributed by atoms with Crippen molar-refractivity contribution in [3.8, 4) is 23.0 Å². The molecule has 0 saturated carbocycles. The third kappa shape index (κ3) is 24.8. The predicted molar refractivity (Wildman–Crippen MR) is 255 cm³/mol. The second kappa shape index (κ2) is 35.9. The van der Waals surface area contributed by atoms with Crippen molar-refractivity contribution in [1.29, 1.82) is 0 Å². The Bertz CT molecular complexity index is 2250. The maximum absolute atomic E-state index is 10.5. The molecule has 4 atom stereocenters. The summed E-state index contributed by atoms with van der Waals surface area (Å²) in [5.74, 6) is -3.27. The van der Waals surface area contributed by atoms with E-state index >= 15 is 0 Å². The van der Waals surface area contributed by atoms with Gasteiger partial charge in [-0.1, -0.05) is 54.6 Å². The third-order valence-corrected chi connectivity index (χ3v) is 8.32. The van der Waals surface area contributed by atoms with E-state index in [0.29, 0.717) is 23.7 Å². The number of hydrogen-bond donors (Lipinski definition) is 17. The van der Waals surface area contributed by atoms with E-state index in [-0.39, 0.29) is 49.2 Å². The normalized spacial score (nSPS) is 15.4. The van der Waals surface area contributed by atoms with Gasteiger partial charge in [0.1, 0.15) is 29.5 Å². The fourth-order valence-corrected chi connectivity index (χ4v) is 4.67. The molecule has 1 aromatic heterocycles. The van der Waals surface area contributed by atoms with Crippen molar-refractivity contribution >= 4 is 36.7 Å². The van der Waals surface area contributed by atoms with E-state index in [0.717, 1.165) is 16.7 Å². The number of cyclic esters (lactones) is 2. The average molecular weight is 1010 g/mol. The lowest BCUT2D eigenvalue weighted by molar-refractivity contribution is -0.148. The maximum atomic E-state index is 10.5. The third-order valence-electron chi connectivity index (χ3n) is 8.12. The van der Waals surface area contributed by atoms with Gasteiger partial charge in [0.15, 0.2) is 35.2 Å². The number of H-pyrrole nitrogens is 1. The number of aromatic hydroxyl groups is 3. The van der Waals surface area contributed by atoms with Crippen LogP contribution in [0.25, 0.3) is 12.2 Å². The number of phenolic OH excluding ortho intramolecular Hbond substituents is 3.